The van der Waals surface area contributed by atoms with Crippen molar-refractivity contribution in [1.29, 1.82) is 0 Å². The molecule has 5 heteroatoms. The highest BCUT2D eigenvalue weighted by molar-refractivity contribution is 5.58. The van der Waals surface area contributed by atoms with Crippen molar-refractivity contribution >= 4 is 11.4 Å². The Morgan fingerprint density at radius 3 is 2.59 bits per heavy atom. The van der Waals surface area contributed by atoms with Gasteiger partial charge in [-0.1, -0.05) is 66.7 Å². The lowest BCUT2D eigenvalue weighted by Crippen LogP contribution is -2.52. The Bertz CT molecular complexity index is 1050. The maximum Gasteiger partial charge on any atom is 0.142 e. The van der Waals surface area contributed by atoms with E-state index in [1.165, 1.54) is 16.8 Å². The highest BCUT2D eigenvalue weighted by Crippen LogP contribution is 2.28. The van der Waals surface area contributed by atoms with Gasteiger partial charge in [-0.25, -0.2) is 5.01 Å². The average molecular weight is 427 g/mol. The maximum atomic E-state index is 6.44. The molecule has 2 heterocycles. The zero-order valence-corrected chi connectivity index (χ0v) is 18.2. The van der Waals surface area contributed by atoms with Gasteiger partial charge in [0.25, 0.3) is 0 Å². The summed E-state index contributed by atoms with van der Waals surface area (Å²) in [4.78, 5) is 0. The lowest BCUT2D eigenvalue weighted by atomic mass is 9.99. The molecule has 3 aromatic rings. The zero-order valence-electron chi connectivity index (χ0n) is 18.2. The second-order valence-electron chi connectivity index (χ2n) is 8.40. The van der Waals surface area contributed by atoms with E-state index in [4.69, 9.17) is 10.5 Å². The Morgan fingerprint density at radius 1 is 0.969 bits per heavy atom. The van der Waals surface area contributed by atoms with Crippen LogP contribution in [0.2, 0.25) is 0 Å². The molecule has 2 aliphatic heterocycles. The third-order valence-electron chi connectivity index (χ3n) is 6.14. The molecule has 0 spiro atoms. The molecule has 0 saturated carbocycles. The Morgan fingerprint density at radius 2 is 1.75 bits per heavy atom. The minimum Gasteiger partial charge on any atom is -0.359 e. The van der Waals surface area contributed by atoms with Crippen molar-refractivity contribution in [3.8, 4) is 0 Å². The Kier molecular flexibility index (Phi) is 6.21. The number of allylic oxidation sites excluding steroid dienone is 1. The van der Waals surface area contributed by atoms with Gasteiger partial charge in [-0.2, -0.15) is 0 Å². The first-order chi connectivity index (χ1) is 15.8. The Hall–Kier alpha value is -3.12. The molecule has 3 N–H and O–H groups in total. The third kappa shape index (κ3) is 4.70. The standard InChI is InChI=1S/C27H30N4O/c28-25(19-21-7-2-1-3-8-21)22-12-14-24(15-13-22)29-27-20-30(17-18-32-27)31-16-6-10-23-9-4-5-11-26(23)31/h1-9,11-16,25,27,29H,10,17-20,28H2. The van der Waals surface area contributed by atoms with E-state index in [1.54, 1.807) is 0 Å². The number of ether oxygens (including phenoxy) is 1. The van der Waals surface area contributed by atoms with Crippen molar-refractivity contribution in [1.82, 2.24) is 5.01 Å². The summed E-state index contributed by atoms with van der Waals surface area (Å²) >= 11 is 0. The molecule has 3 aromatic carbocycles. The minimum absolute atomic E-state index is 0.0150. The number of para-hydroxylation sites is 1. The predicted molar refractivity (Wildman–Crippen MR) is 130 cm³/mol. The van der Waals surface area contributed by atoms with Crippen LogP contribution < -0.4 is 16.1 Å². The molecular formula is C27H30N4O. The number of nitrogens with zero attached hydrogens (tertiary/aromatic N) is 2. The number of hydrogen-bond donors (Lipinski definition) is 2. The average Bonchev–Trinajstić information content (AvgIpc) is 2.85. The molecule has 2 aliphatic rings. The molecule has 0 aromatic heterocycles. The number of hydrogen-bond acceptors (Lipinski definition) is 5. The summed E-state index contributed by atoms with van der Waals surface area (Å²) in [5, 5.41) is 8.15. The van der Waals surface area contributed by atoms with E-state index in [9.17, 15) is 0 Å². The van der Waals surface area contributed by atoms with Crippen LogP contribution in [0.5, 0.6) is 0 Å². The number of morpholine rings is 1. The van der Waals surface area contributed by atoms with Crippen LogP contribution in [0.1, 0.15) is 22.7 Å². The number of nitrogens with two attached hydrogens (primary N) is 1. The third-order valence-corrected chi connectivity index (χ3v) is 6.14. The molecule has 2 atom stereocenters. The number of nitrogens with one attached hydrogen (secondary N) is 1. The van der Waals surface area contributed by atoms with E-state index < -0.39 is 0 Å². The van der Waals surface area contributed by atoms with Crippen LogP contribution >= 0.6 is 0 Å². The van der Waals surface area contributed by atoms with E-state index in [-0.39, 0.29) is 12.3 Å². The fraction of sp³-hybridized carbons (Fsp3) is 0.259. The second kappa shape index (κ2) is 9.57. The molecule has 0 radical (unpaired) electrons. The monoisotopic (exact) mass is 426 g/mol. The summed E-state index contributed by atoms with van der Waals surface area (Å²) in [7, 11) is 0. The number of fused-ring (bicyclic) bond motifs is 1. The Balaban J connectivity index is 1.21. The fourth-order valence-electron chi connectivity index (χ4n) is 4.43. The van der Waals surface area contributed by atoms with E-state index in [0.29, 0.717) is 6.61 Å². The molecule has 1 fully saturated rings. The largest absolute Gasteiger partial charge is 0.359 e. The maximum absolute atomic E-state index is 6.44. The molecule has 2 unspecified atom stereocenters. The zero-order chi connectivity index (χ0) is 21.8. The molecule has 1 saturated heterocycles. The van der Waals surface area contributed by atoms with Crippen LogP contribution in [0, 0.1) is 0 Å². The lowest BCUT2D eigenvalue weighted by molar-refractivity contribution is -0.0142. The first-order valence-electron chi connectivity index (χ1n) is 11.3. The van der Waals surface area contributed by atoms with Crippen molar-refractivity contribution in [3.05, 3.63) is 108 Å². The summed E-state index contributed by atoms with van der Waals surface area (Å²) in [6, 6.07) is 27.4. The van der Waals surface area contributed by atoms with Gasteiger partial charge >= 0.3 is 0 Å². The van der Waals surface area contributed by atoms with Crippen molar-refractivity contribution in [2.45, 2.75) is 25.1 Å². The van der Waals surface area contributed by atoms with E-state index in [2.05, 4.69) is 100 Å². The van der Waals surface area contributed by atoms with Crippen molar-refractivity contribution < 1.29 is 4.74 Å². The van der Waals surface area contributed by atoms with Gasteiger partial charge in [-0.3, -0.25) is 5.01 Å². The Labute approximate surface area is 190 Å². The van der Waals surface area contributed by atoms with Gasteiger partial charge in [0, 0.05) is 24.5 Å². The summed E-state index contributed by atoms with van der Waals surface area (Å²) in [6.07, 6.45) is 6.14. The molecule has 32 heavy (non-hydrogen) atoms. The van der Waals surface area contributed by atoms with Crippen LogP contribution in [0.3, 0.4) is 0 Å². The van der Waals surface area contributed by atoms with Crippen LogP contribution in [0.25, 0.3) is 0 Å². The van der Waals surface area contributed by atoms with Crippen LogP contribution in [0.15, 0.2) is 91.1 Å². The topological polar surface area (TPSA) is 53.8 Å². The van der Waals surface area contributed by atoms with Crippen molar-refractivity contribution in [2.75, 3.05) is 30.0 Å². The molecule has 164 valence electrons. The number of benzene rings is 3. The highest BCUT2D eigenvalue weighted by Gasteiger charge is 2.26. The van der Waals surface area contributed by atoms with Crippen molar-refractivity contribution in [3.63, 3.8) is 0 Å². The highest BCUT2D eigenvalue weighted by atomic mass is 16.5. The summed E-state index contributed by atoms with van der Waals surface area (Å²) in [6.45, 7) is 2.32. The number of anilines is 2. The van der Waals surface area contributed by atoms with Gasteiger partial charge in [0.2, 0.25) is 0 Å². The summed E-state index contributed by atoms with van der Waals surface area (Å²) < 4.78 is 6.02. The summed E-state index contributed by atoms with van der Waals surface area (Å²) in [5.41, 5.74) is 12.5. The quantitative estimate of drug-likeness (QED) is 0.608. The number of hydrazine groups is 1. The van der Waals surface area contributed by atoms with Crippen LogP contribution in [0.4, 0.5) is 11.4 Å². The molecule has 5 nitrogen and oxygen atoms in total. The molecular weight excluding hydrogens is 396 g/mol. The van der Waals surface area contributed by atoms with Gasteiger partial charge in [0.1, 0.15) is 6.23 Å². The lowest BCUT2D eigenvalue weighted by Gasteiger charge is -2.41. The van der Waals surface area contributed by atoms with Gasteiger partial charge in [0.15, 0.2) is 0 Å². The molecule has 0 amide bonds. The van der Waals surface area contributed by atoms with Crippen molar-refractivity contribution in [2.24, 2.45) is 5.73 Å². The fourth-order valence-corrected chi connectivity index (χ4v) is 4.43. The smallest absolute Gasteiger partial charge is 0.142 e. The molecule has 0 aliphatic carbocycles. The molecule has 5 rings (SSSR count). The SMILES string of the molecule is NC(Cc1ccccc1)c1ccc(NC2CN(N3C=CCc4ccccc43)CCO2)cc1. The first-order valence-corrected chi connectivity index (χ1v) is 11.3. The first kappa shape index (κ1) is 20.8. The predicted octanol–water partition coefficient (Wildman–Crippen LogP) is 4.49. The van der Waals surface area contributed by atoms with Gasteiger partial charge in [-0.05, 0) is 47.7 Å². The van der Waals surface area contributed by atoms with E-state index >= 15 is 0 Å². The van der Waals surface area contributed by atoms with Gasteiger partial charge in [0.05, 0.1) is 18.8 Å². The van der Waals surface area contributed by atoms with Gasteiger partial charge < -0.3 is 15.8 Å². The molecule has 0 bridgehead atoms. The number of rotatable bonds is 6. The van der Waals surface area contributed by atoms with E-state index in [0.717, 1.165) is 37.2 Å². The van der Waals surface area contributed by atoms with Crippen LogP contribution in [-0.2, 0) is 17.6 Å². The normalized spacial score (nSPS) is 19.4. The van der Waals surface area contributed by atoms with Crippen LogP contribution in [-0.4, -0.2) is 30.9 Å². The second-order valence-corrected chi connectivity index (χ2v) is 8.40. The van der Waals surface area contributed by atoms with Gasteiger partial charge in [-0.15, -0.1) is 0 Å². The summed E-state index contributed by atoms with van der Waals surface area (Å²) in [5.74, 6) is 0. The minimum atomic E-state index is -0.0740. The van der Waals surface area contributed by atoms with E-state index in [1.807, 2.05) is 6.07 Å².